The Balaban J connectivity index is 3.86. The number of carbonyl (C=O) groups is 5. The van der Waals surface area contributed by atoms with Crippen LogP contribution in [0.4, 0.5) is 0 Å². The van der Waals surface area contributed by atoms with Crippen LogP contribution >= 0.6 is 0 Å². The third-order valence-corrected chi connectivity index (χ3v) is 2.41. The second-order valence-electron chi connectivity index (χ2n) is 4.31. The number of nitrogens with one attached hydrogen (secondary N) is 4. The van der Waals surface area contributed by atoms with Gasteiger partial charge in [0.15, 0.2) is 0 Å². The van der Waals surface area contributed by atoms with Gasteiger partial charge in [-0.1, -0.05) is 6.92 Å². The van der Waals surface area contributed by atoms with Crippen molar-refractivity contribution in [3.8, 4) is 0 Å². The van der Waals surface area contributed by atoms with Crippen molar-refractivity contribution >= 4 is 29.6 Å². The van der Waals surface area contributed by atoms with Crippen molar-refractivity contribution in [3.05, 3.63) is 0 Å². The quantitative estimate of drug-likeness (QED) is 0.313. The van der Waals surface area contributed by atoms with Gasteiger partial charge >= 0.3 is 5.97 Å². The Hall–Kier alpha value is -2.65. The smallest absolute Gasteiger partial charge is 0.325 e. The van der Waals surface area contributed by atoms with Gasteiger partial charge in [-0.3, -0.25) is 24.0 Å². The Kier molecular flexibility index (Phi) is 8.91. The molecule has 0 heterocycles. The third-order valence-electron chi connectivity index (χ3n) is 2.41. The Labute approximate surface area is 127 Å². The molecule has 1 atom stereocenters. The second-order valence-corrected chi connectivity index (χ2v) is 4.31. The first-order valence-electron chi connectivity index (χ1n) is 6.58. The minimum absolute atomic E-state index is 0.240. The van der Waals surface area contributed by atoms with Crippen molar-refractivity contribution in [2.75, 3.05) is 19.6 Å². The highest BCUT2D eigenvalue weighted by Gasteiger charge is 2.14. The Morgan fingerprint density at radius 1 is 0.818 bits per heavy atom. The molecule has 4 amide bonds. The van der Waals surface area contributed by atoms with Crippen molar-refractivity contribution in [1.82, 2.24) is 21.3 Å². The number of carboxylic acid groups (broad SMARTS) is 1. The summed E-state index contributed by atoms with van der Waals surface area (Å²) in [6.07, 6.45) is 0.248. The van der Waals surface area contributed by atoms with E-state index in [1.54, 1.807) is 6.92 Å². The first-order chi connectivity index (χ1) is 10.3. The number of amides is 4. The van der Waals surface area contributed by atoms with Gasteiger partial charge in [0.2, 0.25) is 23.6 Å². The maximum Gasteiger partial charge on any atom is 0.325 e. The SMILES string of the molecule is CCC(=O)NCC(=O)NCC(=O)NCC(=O)NC(C)C(=O)O. The zero-order valence-corrected chi connectivity index (χ0v) is 12.4. The average molecular weight is 316 g/mol. The summed E-state index contributed by atoms with van der Waals surface area (Å²) < 4.78 is 0. The van der Waals surface area contributed by atoms with E-state index in [0.717, 1.165) is 0 Å². The zero-order valence-electron chi connectivity index (χ0n) is 12.4. The highest BCUT2D eigenvalue weighted by atomic mass is 16.4. The number of carboxylic acids is 1. The molecule has 124 valence electrons. The van der Waals surface area contributed by atoms with Gasteiger partial charge in [0.1, 0.15) is 6.04 Å². The summed E-state index contributed by atoms with van der Waals surface area (Å²) in [7, 11) is 0. The minimum atomic E-state index is -1.19. The van der Waals surface area contributed by atoms with E-state index in [-0.39, 0.29) is 25.4 Å². The number of carbonyl (C=O) groups excluding carboxylic acids is 4. The Morgan fingerprint density at radius 2 is 1.23 bits per heavy atom. The molecule has 0 aliphatic heterocycles. The summed E-state index contributed by atoms with van der Waals surface area (Å²) in [5.41, 5.74) is 0. The van der Waals surface area contributed by atoms with Crippen LogP contribution in [0, 0.1) is 0 Å². The number of rotatable bonds is 9. The van der Waals surface area contributed by atoms with Crippen LogP contribution in [0.2, 0.25) is 0 Å². The standard InChI is InChI=1S/C12H20N4O6/c1-3-8(17)13-4-9(18)14-5-10(19)15-6-11(20)16-7(2)12(21)22/h7H,3-6H2,1-2H3,(H,13,17)(H,14,18)(H,15,19)(H,16,20)(H,21,22). The van der Waals surface area contributed by atoms with Gasteiger partial charge in [0.05, 0.1) is 19.6 Å². The lowest BCUT2D eigenvalue weighted by molar-refractivity contribution is -0.141. The van der Waals surface area contributed by atoms with Gasteiger partial charge < -0.3 is 26.4 Å². The molecule has 5 N–H and O–H groups in total. The lowest BCUT2D eigenvalue weighted by Gasteiger charge is -2.10. The summed E-state index contributed by atoms with van der Waals surface area (Å²) >= 11 is 0. The van der Waals surface area contributed by atoms with Crippen LogP contribution in [-0.2, 0) is 24.0 Å². The molecule has 22 heavy (non-hydrogen) atoms. The molecular formula is C12H20N4O6. The first-order valence-corrected chi connectivity index (χ1v) is 6.58. The fourth-order valence-corrected chi connectivity index (χ4v) is 1.14. The third kappa shape index (κ3) is 9.28. The molecule has 0 radical (unpaired) electrons. The first kappa shape index (κ1) is 19.4. The normalized spacial score (nSPS) is 11.0. The van der Waals surface area contributed by atoms with E-state index in [1.807, 2.05) is 0 Å². The molecule has 10 nitrogen and oxygen atoms in total. The molecule has 0 rings (SSSR count). The van der Waals surface area contributed by atoms with Gasteiger partial charge in [-0.2, -0.15) is 0 Å². The maximum atomic E-state index is 11.4. The lowest BCUT2D eigenvalue weighted by atomic mass is 10.3. The van der Waals surface area contributed by atoms with Crippen molar-refractivity contribution in [2.45, 2.75) is 26.3 Å². The fraction of sp³-hybridized carbons (Fsp3) is 0.583. The van der Waals surface area contributed by atoms with Crippen LogP contribution in [0.25, 0.3) is 0 Å². The van der Waals surface area contributed by atoms with E-state index in [4.69, 9.17) is 5.11 Å². The van der Waals surface area contributed by atoms with Gasteiger partial charge in [-0.15, -0.1) is 0 Å². The van der Waals surface area contributed by atoms with Gasteiger partial charge in [-0.05, 0) is 6.92 Å². The van der Waals surface area contributed by atoms with E-state index in [1.165, 1.54) is 6.92 Å². The van der Waals surface area contributed by atoms with Crippen LogP contribution in [0.15, 0.2) is 0 Å². The summed E-state index contributed by atoms with van der Waals surface area (Å²) in [4.78, 5) is 55.3. The summed E-state index contributed by atoms with van der Waals surface area (Å²) in [6.45, 7) is 1.92. The maximum absolute atomic E-state index is 11.4. The molecule has 0 aliphatic rings. The topological polar surface area (TPSA) is 154 Å². The number of hydrogen-bond donors (Lipinski definition) is 5. The molecule has 0 saturated heterocycles. The molecule has 0 aromatic carbocycles. The molecule has 0 aliphatic carbocycles. The van der Waals surface area contributed by atoms with Gasteiger partial charge in [0.25, 0.3) is 0 Å². The van der Waals surface area contributed by atoms with E-state index < -0.39 is 36.3 Å². The summed E-state index contributed by atoms with van der Waals surface area (Å²) in [6, 6.07) is -1.06. The van der Waals surface area contributed by atoms with E-state index in [2.05, 4.69) is 21.3 Å². The molecule has 0 fully saturated rings. The summed E-state index contributed by atoms with van der Waals surface area (Å²) in [5, 5.41) is 17.5. The van der Waals surface area contributed by atoms with Crippen molar-refractivity contribution in [3.63, 3.8) is 0 Å². The summed E-state index contributed by atoms with van der Waals surface area (Å²) in [5.74, 6) is -3.30. The van der Waals surface area contributed by atoms with Crippen molar-refractivity contribution < 1.29 is 29.1 Å². The number of aliphatic carboxylic acids is 1. The predicted octanol–water partition coefficient (Wildman–Crippen LogP) is -2.67. The minimum Gasteiger partial charge on any atom is -0.480 e. The lowest BCUT2D eigenvalue weighted by Crippen LogP contribution is -2.46. The van der Waals surface area contributed by atoms with E-state index in [0.29, 0.717) is 0 Å². The van der Waals surface area contributed by atoms with E-state index in [9.17, 15) is 24.0 Å². The van der Waals surface area contributed by atoms with E-state index >= 15 is 0 Å². The molecule has 0 saturated carbocycles. The predicted molar refractivity (Wildman–Crippen MR) is 74.6 cm³/mol. The molecule has 0 aromatic rings. The average Bonchev–Trinajstić information content (AvgIpc) is 2.48. The number of hydrogen-bond acceptors (Lipinski definition) is 5. The van der Waals surface area contributed by atoms with Gasteiger partial charge in [0, 0.05) is 6.42 Å². The zero-order chi connectivity index (χ0) is 17.1. The molecule has 0 bridgehead atoms. The van der Waals surface area contributed by atoms with Crippen LogP contribution in [0.1, 0.15) is 20.3 Å². The molecule has 0 aromatic heterocycles. The Morgan fingerprint density at radius 3 is 1.64 bits per heavy atom. The molecule has 10 heteroatoms. The monoisotopic (exact) mass is 316 g/mol. The van der Waals surface area contributed by atoms with Crippen LogP contribution in [-0.4, -0.2) is 60.4 Å². The van der Waals surface area contributed by atoms with Crippen LogP contribution < -0.4 is 21.3 Å². The molecule has 0 spiro atoms. The highest BCUT2D eigenvalue weighted by Crippen LogP contribution is 1.80. The van der Waals surface area contributed by atoms with Crippen LogP contribution in [0.5, 0.6) is 0 Å². The molecular weight excluding hydrogens is 296 g/mol. The second kappa shape index (κ2) is 10.1. The van der Waals surface area contributed by atoms with Crippen molar-refractivity contribution in [1.29, 1.82) is 0 Å². The molecule has 1 unspecified atom stereocenters. The fourth-order valence-electron chi connectivity index (χ4n) is 1.14. The van der Waals surface area contributed by atoms with Gasteiger partial charge in [-0.25, -0.2) is 0 Å². The largest absolute Gasteiger partial charge is 0.480 e. The highest BCUT2D eigenvalue weighted by molar-refractivity contribution is 5.90. The van der Waals surface area contributed by atoms with Crippen LogP contribution in [0.3, 0.4) is 0 Å². The van der Waals surface area contributed by atoms with Crippen molar-refractivity contribution in [2.24, 2.45) is 0 Å². The Bertz CT molecular complexity index is 451.